The van der Waals surface area contributed by atoms with E-state index >= 15 is 0 Å². The Hall–Kier alpha value is -2.68. The number of piperidine rings is 1. The van der Waals surface area contributed by atoms with Crippen molar-refractivity contribution in [3.8, 4) is 5.75 Å². The molecule has 0 amide bonds. The highest BCUT2D eigenvalue weighted by atomic mass is 79.9. The van der Waals surface area contributed by atoms with Gasteiger partial charge in [0.05, 0.1) is 40.8 Å². The van der Waals surface area contributed by atoms with E-state index in [9.17, 15) is 31.2 Å². The van der Waals surface area contributed by atoms with Crippen LogP contribution in [0.3, 0.4) is 0 Å². The van der Waals surface area contributed by atoms with Gasteiger partial charge in [-0.15, -0.1) is 0 Å². The Morgan fingerprint density at radius 2 is 1.93 bits per heavy atom. The van der Waals surface area contributed by atoms with Gasteiger partial charge >= 0.3 is 11.9 Å². The van der Waals surface area contributed by atoms with Crippen molar-refractivity contribution in [3.05, 3.63) is 66.3 Å². The second kappa shape index (κ2) is 11.7. The van der Waals surface area contributed by atoms with Gasteiger partial charge in [-0.2, -0.15) is 13.2 Å². The van der Waals surface area contributed by atoms with E-state index in [1.54, 1.807) is 0 Å². The molecule has 2 heterocycles. The topological polar surface area (TPSA) is 114 Å². The molecule has 9 nitrogen and oxygen atoms in total. The van der Waals surface area contributed by atoms with Crippen molar-refractivity contribution in [1.82, 2.24) is 19.8 Å². The molecule has 3 aromatic rings. The Balaban J connectivity index is 1.88. The van der Waals surface area contributed by atoms with Gasteiger partial charge in [0.15, 0.2) is 9.84 Å². The van der Waals surface area contributed by atoms with E-state index in [1.165, 1.54) is 32.2 Å². The molecule has 0 radical (unpaired) electrons. The fraction of sp³-hybridized carbons (Fsp3) is 0.462. The largest absolute Gasteiger partial charge is 0.497 e. The maximum absolute atomic E-state index is 14.3. The van der Waals surface area contributed by atoms with Crippen LogP contribution in [0.25, 0.3) is 10.9 Å². The normalized spacial score (nSPS) is 16.9. The molecule has 1 atom stereocenters. The van der Waals surface area contributed by atoms with E-state index < -0.39 is 39.4 Å². The van der Waals surface area contributed by atoms with Crippen LogP contribution in [-0.2, 0) is 29.1 Å². The fourth-order valence-electron chi connectivity index (χ4n) is 5.04. The van der Waals surface area contributed by atoms with Crippen LogP contribution in [0.2, 0.25) is 0 Å². The number of hydrogen-bond acceptors (Lipinski definition) is 7. The average Bonchev–Trinajstić information content (AvgIpc) is 2.92. The Morgan fingerprint density at radius 3 is 2.55 bits per heavy atom. The summed E-state index contributed by atoms with van der Waals surface area (Å²) in [7, 11) is -0.567. The molecule has 1 saturated heterocycles. The summed E-state index contributed by atoms with van der Waals surface area (Å²) in [5.74, 6) is 0.0618. The standard InChI is InChI=1S/C26H30BrF3N4O5S/c1-4-40(37,38)21-8-7-17(39-3)10-15(21)12-34-24(35)18-11-20(26(28,29)30)19(22(27)23(18)32-25(34)36)14-33-9-5-6-16(13-33)31-2/h7-8,10-11,16,31H,4-6,9,12-14H2,1-3H3,(H,32,36)/t16-/m0/s1. The zero-order valence-corrected chi connectivity index (χ0v) is 24.6. The van der Waals surface area contributed by atoms with Gasteiger partial charge in [-0.05, 0) is 77.8 Å². The second-order valence-electron chi connectivity index (χ2n) is 9.70. The number of aromatic nitrogens is 2. The van der Waals surface area contributed by atoms with Crippen LogP contribution in [0.15, 0.2) is 43.2 Å². The second-order valence-corrected chi connectivity index (χ2v) is 12.7. The number of hydrogen-bond donors (Lipinski definition) is 2. The molecular formula is C26H30BrF3N4O5S. The van der Waals surface area contributed by atoms with E-state index in [0.29, 0.717) is 23.4 Å². The summed E-state index contributed by atoms with van der Waals surface area (Å²) in [5.41, 5.74) is -2.88. The fourth-order valence-corrected chi connectivity index (χ4v) is 6.80. The molecule has 218 valence electrons. The lowest BCUT2D eigenvalue weighted by atomic mass is 10.0. The number of aromatic amines is 1. The first kappa shape index (κ1) is 30.3. The molecule has 0 unspecified atom stereocenters. The minimum Gasteiger partial charge on any atom is -0.497 e. The number of halogens is 4. The molecular weight excluding hydrogens is 617 g/mol. The number of sulfone groups is 1. The van der Waals surface area contributed by atoms with E-state index in [0.717, 1.165) is 18.9 Å². The molecule has 2 N–H and O–H groups in total. The molecule has 0 saturated carbocycles. The van der Waals surface area contributed by atoms with Crippen molar-refractivity contribution in [2.24, 2.45) is 0 Å². The van der Waals surface area contributed by atoms with Gasteiger partial charge in [0, 0.05) is 23.6 Å². The molecule has 0 bridgehead atoms. The zero-order chi connectivity index (χ0) is 29.4. The summed E-state index contributed by atoms with van der Waals surface area (Å²) in [6.07, 6.45) is -3.04. The zero-order valence-electron chi connectivity index (χ0n) is 22.2. The molecule has 0 spiro atoms. The highest BCUT2D eigenvalue weighted by molar-refractivity contribution is 9.10. The number of methoxy groups -OCH3 is 1. The van der Waals surface area contributed by atoms with Crippen molar-refractivity contribution >= 4 is 36.7 Å². The van der Waals surface area contributed by atoms with Crippen molar-refractivity contribution in [3.63, 3.8) is 0 Å². The number of nitrogens with zero attached hydrogens (tertiary/aromatic N) is 2. The molecule has 1 aliphatic heterocycles. The lowest BCUT2D eigenvalue weighted by molar-refractivity contribution is -0.138. The monoisotopic (exact) mass is 646 g/mol. The number of alkyl halides is 3. The van der Waals surface area contributed by atoms with Crippen molar-refractivity contribution in [2.45, 2.75) is 50.0 Å². The summed E-state index contributed by atoms with van der Waals surface area (Å²) in [6.45, 7) is 2.10. The number of likely N-dealkylation sites (N-methyl/N-ethyl adjacent to an activating group) is 1. The van der Waals surface area contributed by atoms with Gasteiger partial charge in [0.2, 0.25) is 0 Å². The minimum atomic E-state index is -4.77. The van der Waals surface area contributed by atoms with Crippen LogP contribution in [-0.4, -0.2) is 61.9 Å². The molecule has 2 aromatic carbocycles. The maximum Gasteiger partial charge on any atom is 0.416 e. The Bertz CT molecular complexity index is 1650. The maximum atomic E-state index is 14.3. The predicted molar refractivity (Wildman–Crippen MR) is 149 cm³/mol. The highest BCUT2D eigenvalue weighted by Gasteiger charge is 2.36. The number of benzene rings is 2. The number of rotatable bonds is 8. The van der Waals surface area contributed by atoms with E-state index in [1.807, 2.05) is 11.9 Å². The Labute approximate surface area is 237 Å². The smallest absolute Gasteiger partial charge is 0.416 e. The predicted octanol–water partition coefficient (Wildman–Crippen LogP) is 3.51. The van der Waals surface area contributed by atoms with E-state index in [2.05, 4.69) is 26.2 Å². The number of ether oxygens (including phenoxy) is 1. The number of fused-ring (bicyclic) bond motifs is 1. The van der Waals surface area contributed by atoms with Crippen LogP contribution < -0.4 is 21.3 Å². The van der Waals surface area contributed by atoms with E-state index in [4.69, 9.17) is 4.74 Å². The third-order valence-electron chi connectivity index (χ3n) is 7.23. The van der Waals surface area contributed by atoms with Crippen LogP contribution in [0.4, 0.5) is 13.2 Å². The SMILES string of the molecule is CCS(=O)(=O)c1ccc(OC)cc1Cn1c(=O)[nH]c2c(Br)c(CN3CCC[C@H](NC)C3)c(C(F)(F)F)cc2c1=O. The third kappa shape index (κ3) is 5.99. The van der Waals surface area contributed by atoms with Gasteiger partial charge in [0.25, 0.3) is 5.56 Å². The summed E-state index contributed by atoms with van der Waals surface area (Å²) < 4.78 is 74.1. The van der Waals surface area contributed by atoms with Crippen molar-refractivity contribution < 1.29 is 26.3 Å². The van der Waals surface area contributed by atoms with Gasteiger partial charge in [-0.3, -0.25) is 14.3 Å². The molecule has 1 aliphatic rings. The van der Waals surface area contributed by atoms with Gasteiger partial charge in [-0.1, -0.05) is 6.92 Å². The van der Waals surface area contributed by atoms with Crippen LogP contribution in [0.1, 0.15) is 36.5 Å². The molecule has 1 aromatic heterocycles. The summed E-state index contributed by atoms with van der Waals surface area (Å²) in [5, 5.41) is 2.81. The van der Waals surface area contributed by atoms with Crippen LogP contribution in [0.5, 0.6) is 5.75 Å². The van der Waals surface area contributed by atoms with Crippen molar-refractivity contribution in [1.29, 1.82) is 0 Å². The Morgan fingerprint density at radius 1 is 1.20 bits per heavy atom. The highest BCUT2D eigenvalue weighted by Crippen LogP contribution is 2.39. The van der Waals surface area contributed by atoms with Gasteiger partial charge in [0.1, 0.15) is 5.75 Å². The summed E-state index contributed by atoms with van der Waals surface area (Å²) in [4.78, 5) is 31.0. The number of H-pyrrole nitrogens is 1. The quantitative estimate of drug-likeness (QED) is 0.385. The van der Waals surface area contributed by atoms with E-state index in [-0.39, 0.29) is 49.7 Å². The molecule has 14 heteroatoms. The average molecular weight is 648 g/mol. The van der Waals surface area contributed by atoms with Gasteiger partial charge < -0.3 is 15.0 Å². The van der Waals surface area contributed by atoms with Crippen LogP contribution >= 0.6 is 15.9 Å². The first-order valence-corrected chi connectivity index (χ1v) is 15.1. The molecule has 0 aliphatic carbocycles. The lowest BCUT2D eigenvalue weighted by Gasteiger charge is -2.33. The first-order chi connectivity index (χ1) is 18.8. The molecule has 1 fully saturated rings. The summed E-state index contributed by atoms with van der Waals surface area (Å²) in [6, 6.07) is 5.05. The number of nitrogens with one attached hydrogen (secondary N) is 2. The first-order valence-electron chi connectivity index (χ1n) is 12.6. The van der Waals surface area contributed by atoms with Crippen molar-refractivity contribution in [2.75, 3.05) is 33.0 Å². The Kier molecular flexibility index (Phi) is 8.83. The minimum absolute atomic E-state index is 0.0131. The summed E-state index contributed by atoms with van der Waals surface area (Å²) >= 11 is 3.25. The van der Waals surface area contributed by atoms with Gasteiger partial charge in [-0.25, -0.2) is 13.2 Å². The molecule has 40 heavy (non-hydrogen) atoms. The molecule has 4 rings (SSSR count). The number of likely N-dealkylation sites (tertiary alicyclic amines) is 1. The third-order valence-corrected chi connectivity index (χ3v) is 9.94. The van der Waals surface area contributed by atoms with Crippen LogP contribution in [0, 0.1) is 0 Å². The lowest BCUT2D eigenvalue weighted by Crippen LogP contribution is -2.44.